The van der Waals surface area contributed by atoms with Crippen LogP contribution in [0.3, 0.4) is 0 Å². The highest BCUT2D eigenvalue weighted by molar-refractivity contribution is 5.71. The van der Waals surface area contributed by atoms with Crippen LogP contribution in [0, 0.1) is 11.3 Å². The van der Waals surface area contributed by atoms with Gasteiger partial charge in [0.05, 0.1) is 18.7 Å². The lowest BCUT2D eigenvalue weighted by molar-refractivity contribution is 0.416. The number of nitriles is 1. The summed E-state index contributed by atoms with van der Waals surface area (Å²) in [6.07, 6.45) is 0.993. The van der Waals surface area contributed by atoms with Crippen molar-refractivity contribution in [2.45, 2.75) is 13.3 Å². The molecule has 0 spiro atoms. The largest absolute Gasteiger partial charge is 0.496 e. The van der Waals surface area contributed by atoms with Gasteiger partial charge in [0.1, 0.15) is 5.75 Å². The normalized spacial score (nSPS) is 9.83. The van der Waals surface area contributed by atoms with Gasteiger partial charge in [-0.3, -0.25) is 0 Å². The zero-order valence-electron chi connectivity index (χ0n) is 10.6. The van der Waals surface area contributed by atoms with Crippen LogP contribution in [0.4, 0.5) is 0 Å². The maximum absolute atomic E-state index is 8.81. The summed E-state index contributed by atoms with van der Waals surface area (Å²) < 4.78 is 5.39. The van der Waals surface area contributed by atoms with E-state index in [0.29, 0.717) is 5.56 Å². The van der Waals surface area contributed by atoms with Gasteiger partial charge in [0.25, 0.3) is 0 Å². The fraction of sp³-hybridized carbons (Fsp3) is 0.188. The van der Waals surface area contributed by atoms with Gasteiger partial charge in [0.2, 0.25) is 0 Å². The van der Waals surface area contributed by atoms with E-state index in [1.807, 2.05) is 30.3 Å². The highest BCUT2D eigenvalue weighted by atomic mass is 16.5. The van der Waals surface area contributed by atoms with Crippen LogP contribution < -0.4 is 4.74 Å². The molecule has 0 saturated heterocycles. The molecule has 0 bridgehead atoms. The Hall–Kier alpha value is -2.27. The molecule has 0 aliphatic carbocycles. The molecule has 0 N–H and O–H groups in total. The van der Waals surface area contributed by atoms with Crippen LogP contribution in [0.5, 0.6) is 5.75 Å². The molecular formula is C16H15NO. The van der Waals surface area contributed by atoms with Crippen molar-refractivity contribution in [1.82, 2.24) is 0 Å². The van der Waals surface area contributed by atoms with Gasteiger partial charge in [-0.25, -0.2) is 0 Å². The molecule has 18 heavy (non-hydrogen) atoms. The van der Waals surface area contributed by atoms with Gasteiger partial charge in [0, 0.05) is 5.56 Å². The van der Waals surface area contributed by atoms with Crippen molar-refractivity contribution < 1.29 is 4.74 Å². The van der Waals surface area contributed by atoms with Crippen molar-refractivity contribution >= 4 is 0 Å². The molecule has 0 aromatic heterocycles. The van der Waals surface area contributed by atoms with Crippen molar-refractivity contribution in [2.75, 3.05) is 7.11 Å². The van der Waals surface area contributed by atoms with Crippen molar-refractivity contribution in [3.63, 3.8) is 0 Å². The van der Waals surface area contributed by atoms with E-state index in [2.05, 4.69) is 25.1 Å². The summed E-state index contributed by atoms with van der Waals surface area (Å²) in [5, 5.41) is 8.81. The van der Waals surface area contributed by atoms with Gasteiger partial charge in [0.15, 0.2) is 0 Å². The molecule has 2 heteroatoms. The highest BCUT2D eigenvalue weighted by Gasteiger charge is 2.06. The van der Waals surface area contributed by atoms with E-state index in [9.17, 15) is 0 Å². The Morgan fingerprint density at radius 2 is 1.83 bits per heavy atom. The predicted octanol–water partition coefficient (Wildman–Crippen LogP) is 3.80. The number of nitrogens with zero attached hydrogens (tertiary/aromatic N) is 1. The van der Waals surface area contributed by atoms with Crippen molar-refractivity contribution in [3.05, 3.63) is 53.6 Å². The SMILES string of the molecule is CCc1ccc(OC)c(-c2ccc(C#N)cc2)c1. The molecule has 90 valence electrons. The van der Waals surface area contributed by atoms with Gasteiger partial charge in [-0.05, 0) is 41.8 Å². The van der Waals surface area contributed by atoms with Crippen molar-refractivity contribution in [1.29, 1.82) is 5.26 Å². The quantitative estimate of drug-likeness (QED) is 0.813. The van der Waals surface area contributed by atoms with Crippen molar-refractivity contribution in [2.24, 2.45) is 0 Å². The average molecular weight is 237 g/mol. The van der Waals surface area contributed by atoms with Crippen LogP contribution in [-0.2, 0) is 6.42 Å². The first kappa shape index (κ1) is 12.2. The van der Waals surface area contributed by atoms with E-state index in [-0.39, 0.29) is 0 Å². The summed E-state index contributed by atoms with van der Waals surface area (Å²) >= 11 is 0. The Morgan fingerprint density at radius 1 is 1.11 bits per heavy atom. The summed E-state index contributed by atoms with van der Waals surface area (Å²) in [4.78, 5) is 0. The van der Waals surface area contributed by atoms with Crippen LogP contribution in [0.2, 0.25) is 0 Å². The van der Waals surface area contributed by atoms with Gasteiger partial charge >= 0.3 is 0 Å². The summed E-state index contributed by atoms with van der Waals surface area (Å²) in [6, 6.07) is 15.9. The zero-order chi connectivity index (χ0) is 13.0. The topological polar surface area (TPSA) is 33.0 Å². The minimum absolute atomic E-state index is 0.671. The molecule has 0 saturated carbocycles. The Kier molecular flexibility index (Phi) is 3.64. The number of benzene rings is 2. The van der Waals surface area contributed by atoms with Crippen LogP contribution in [0.15, 0.2) is 42.5 Å². The second kappa shape index (κ2) is 5.37. The Bertz CT molecular complexity index is 579. The number of methoxy groups -OCH3 is 1. The van der Waals surface area contributed by atoms with E-state index in [1.165, 1.54) is 5.56 Å². The molecule has 0 amide bonds. The third-order valence-corrected chi connectivity index (χ3v) is 3.00. The van der Waals surface area contributed by atoms with E-state index in [1.54, 1.807) is 7.11 Å². The second-order valence-electron chi connectivity index (χ2n) is 4.08. The standard InChI is InChI=1S/C16H15NO/c1-3-12-6-9-16(18-2)15(10-12)14-7-4-13(11-17)5-8-14/h4-10H,3H2,1-2H3. The maximum atomic E-state index is 8.81. The molecule has 0 heterocycles. The molecule has 0 fully saturated rings. The minimum atomic E-state index is 0.671. The molecule has 0 aliphatic rings. The molecule has 2 aromatic carbocycles. The lowest BCUT2D eigenvalue weighted by Crippen LogP contribution is -1.90. The highest BCUT2D eigenvalue weighted by Crippen LogP contribution is 2.31. The monoisotopic (exact) mass is 237 g/mol. The van der Waals surface area contributed by atoms with E-state index >= 15 is 0 Å². The Labute approximate surface area is 107 Å². The number of hydrogen-bond donors (Lipinski definition) is 0. The lowest BCUT2D eigenvalue weighted by Gasteiger charge is -2.10. The molecule has 0 unspecified atom stereocenters. The summed E-state index contributed by atoms with van der Waals surface area (Å²) in [5.74, 6) is 0.858. The first-order chi connectivity index (χ1) is 8.78. The molecule has 2 nitrogen and oxygen atoms in total. The smallest absolute Gasteiger partial charge is 0.126 e. The van der Waals surface area contributed by atoms with Crippen LogP contribution in [0.1, 0.15) is 18.1 Å². The number of rotatable bonds is 3. The third kappa shape index (κ3) is 2.36. The van der Waals surface area contributed by atoms with Gasteiger partial charge in [-0.1, -0.05) is 25.1 Å². The predicted molar refractivity (Wildman–Crippen MR) is 72.5 cm³/mol. The van der Waals surface area contributed by atoms with E-state index in [4.69, 9.17) is 10.00 Å². The molecular weight excluding hydrogens is 222 g/mol. The second-order valence-corrected chi connectivity index (χ2v) is 4.08. The Morgan fingerprint density at radius 3 is 2.39 bits per heavy atom. The summed E-state index contributed by atoms with van der Waals surface area (Å²) in [7, 11) is 1.67. The minimum Gasteiger partial charge on any atom is -0.496 e. The summed E-state index contributed by atoms with van der Waals surface area (Å²) in [6.45, 7) is 2.13. The van der Waals surface area contributed by atoms with Gasteiger partial charge in [-0.15, -0.1) is 0 Å². The lowest BCUT2D eigenvalue weighted by atomic mass is 10.00. The first-order valence-electron chi connectivity index (χ1n) is 5.96. The zero-order valence-corrected chi connectivity index (χ0v) is 10.6. The maximum Gasteiger partial charge on any atom is 0.126 e. The van der Waals surface area contributed by atoms with Gasteiger partial charge in [-0.2, -0.15) is 5.26 Å². The molecule has 2 rings (SSSR count). The Balaban J connectivity index is 2.50. The third-order valence-electron chi connectivity index (χ3n) is 3.00. The molecule has 2 aromatic rings. The van der Waals surface area contributed by atoms with E-state index < -0.39 is 0 Å². The number of ether oxygens (including phenoxy) is 1. The molecule has 0 aliphatic heterocycles. The van der Waals surface area contributed by atoms with Crippen LogP contribution in [0.25, 0.3) is 11.1 Å². The van der Waals surface area contributed by atoms with Crippen LogP contribution in [-0.4, -0.2) is 7.11 Å². The molecule has 0 radical (unpaired) electrons. The van der Waals surface area contributed by atoms with Gasteiger partial charge < -0.3 is 4.74 Å². The van der Waals surface area contributed by atoms with Crippen molar-refractivity contribution in [3.8, 4) is 22.9 Å². The van der Waals surface area contributed by atoms with Crippen LogP contribution >= 0.6 is 0 Å². The average Bonchev–Trinajstić information content (AvgIpc) is 2.46. The fourth-order valence-electron chi connectivity index (χ4n) is 1.92. The summed E-state index contributed by atoms with van der Waals surface area (Å²) in [5.41, 5.74) is 4.09. The molecule has 0 atom stereocenters. The van der Waals surface area contributed by atoms with E-state index in [0.717, 1.165) is 23.3 Å². The number of aryl methyl sites for hydroxylation is 1. The number of hydrogen-bond acceptors (Lipinski definition) is 2. The first-order valence-corrected chi connectivity index (χ1v) is 5.96. The fourth-order valence-corrected chi connectivity index (χ4v) is 1.92.